The molecule has 0 saturated heterocycles. The molecule has 2 rings (SSSR count). The van der Waals surface area contributed by atoms with Gasteiger partial charge in [0.2, 0.25) is 0 Å². The average Bonchev–Trinajstić information content (AvgIpc) is 2.76. The van der Waals surface area contributed by atoms with E-state index in [2.05, 4.69) is 29.5 Å². The van der Waals surface area contributed by atoms with E-state index in [1.54, 1.807) is 11.8 Å². The molecule has 0 radical (unpaired) electrons. The van der Waals surface area contributed by atoms with Crippen molar-refractivity contribution < 1.29 is 4.79 Å². The van der Waals surface area contributed by atoms with E-state index in [-0.39, 0.29) is 11.9 Å². The maximum absolute atomic E-state index is 12.4. The van der Waals surface area contributed by atoms with Gasteiger partial charge in [-0.15, -0.1) is 0 Å². The molecule has 4 N–H and O–H groups in total. The highest BCUT2D eigenvalue weighted by atomic mass is 32.2. The smallest absolute Gasteiger partial charge is 0.257 e. The summed E-state index contributed by atoms with van der Waals surface area (Å²) in [6, 6.07) is 5.89. The summed E-state index contributed by atoms with van der Waals surface area (Å²) < 4.78 is 0. The molecule has 2 atom stereocenters. The van der Waals surface area contributed by atoms with Crippen LogP contribution in [-0.2, 0) is 0 Å². The quantitative estimate of drug-likeness (QED) is 0.794. The fourth-order valence-corrected chi connectivity index (χ4v) is 3.09. The van der Waals surface area contributed by atoms with Gasteiger partial charge in [-0.25, -0.2) is 0 Å². The van der Waals surface area contributed by atoms with Crippen LogP contribution in [0.15, 0.2) is 23.2 Å². The second kappa shape index (κ2) is 6.95. The first-order chi connectivity index (χ1) is 10.0. The second-order valence-electron chi connectivity index (χ2n) is 5.15. The zero-order valence-electron chi connectivity index (χ0n) is 12.6. The number of nitrogens with zero attached hydrogens (tertiary/aromatic N) is 1. The number of benzene rings is 1. The Balaban J connectivity index is 2.11. The van der Waals surface area contributed by atoms with E-state index in [0.717, 1.165) is 11.3 Å². The summed E-state index contributed by atoms with van der Waals surface area (Å²) in [5, 5.41) is 7.24. The summed E-state index contributed by atoms with van der Waals surface area (Å²) in [4.78, 5) is 16.9. The van der Waals surface area contributed by atoms with Gasteiger partial charge in [0.05, 0.1) is 6.04 Å². The van der Waals surface area contributed by atoms with Crippen LogP contribution in [0.4, 0.5) is 5.69 Å². The number of thioether (sulfide) groups is 1. The minimum absolute atomic E-state index is 0.114. The maximum atomic E-state index is 12.4. The highest BCUT2D eigenvalue weighted by Crippen LogP contribution is 2.25. The van der Waals surface area contributed by atoms with Crippen molar-refractivity contribution in [3.05, 3.63) is 29.3 Å². The molecule has 21 heavy (non-hydrogen) atoms. The predicted octanol–water partition coefficient (Wildman–Crippen LogP) is 1.98. The molecular formula is C15H22N4OS. The van der Waals surface area contributed by atoms with Crippen LogP contribution in [0.5, 0.6) is 0 Å². The van der Waals surface area contributed by atoms with Gasteiger partial charge in [0.1, 0.15) is 0 Å². The van der Waals surface area contributed by atoms with E-state index in [4.69, 9.17) is 5.73 Å². The number of carbonyl (C=O) groups is 1. The number of hydrogen-bond acceptors (Lipinski definition) is 5. The Kier molecular flexibility index (Phi) is 5.25. The molecule has 1 amide bonds. The van der Waals surface area contributed by atoms with Crippen molar-refractivity contribution in [2.45, 2.75) is 32.1 Å². The van der Waals surface area contributed by atoms with Gasteiger partial charge >= 0.3 is 0 Å². The first kappa shape index (κ1) is 15.9. The third-order valence-corrected chi connectivity index (χ3v) is 4.75. The van der Waals surface area contributed by atoms with Crippen LogP contribution >= 0.6 is 11.8 Å². The van der Waals surface area contributed by atoms with E-state index in [9.17, 15) is 4.79 Å². The number of rotatable bonds is 4. The minimum atomic E-state index is -0.114. The monoisotopic (exact) mass is 306 g/mol. The molecule has 0 saturated carbocycles. The molecule has 5 nitrogen and oxygen atoms in total. The van der Waals surface area contributed by atoms with Gasteiger partial charge in [-0.05, 0) is 31.5 Å². The van der Waals surface area contributed by atoms with E-state index in [0.29, 0.717) is 29.1 Å². The zero-order chi connectivity index (χ0) is 15.4. The van der Waals surface area contributed by atoms with Gasteiger partial charge in [-0.3, -0.25) is 9.79 Å². The fourth-order valence-electron chi connectivity index (χ4n) is 2.10. The van der Waals surface area contributed by atoms with Gasteiger partial charge in [0, 0.05) is 29.6 Å². The lowest BCUT2D eigenvalue weighted by molar-refractivity contribution is 0.0977. The molecule has 1 aromatic carbocycles. The number of hydrogen-bond donors (Lipinski definition) is 3. The first-order valence-electron chi connectivity index (χ1n) is 7.12. The average molecular weight is 306 g/mol. The molecule has 1 aliphatic rings. The number of nitrogens with two attached hydrogens (primary N) is 1. The Hall–Kier alpha value is -1.53. The fraction of sp³-hybridized carbons (Fsp3) is 0.467. The van der Waals surface area contributed by atoms with Crippen molar-refractivity contribution in [2.75, 3.05) is 18.4 Å². The molecule has 0 bridgehead atoms. The van der Waals surface area contributed by atoms with E-state index in [1.807, 2.05) is 25.1 Å². The molecule has 114 valence electrons. The maximum Gasteiger partial charge on any atom is 0.257 e. The number of carbonyl (C=O) groups excluding carboxylic acids is 1. The molecule has 0 aliphatic carbocycles. The molecule has 0 spiro atoms. The van der Waals surface area contributed by atoms with E-state index >= 15 is 0 Å². The van der Waals surface area contributed by atoms with Crippen LogP contribution in [0, 0.1) is 6.92 Å². The summed E-state index contributed by atoms with van der Waals surface area (Å²) in [5.41, 5.74) is 8.02. The molecule has 6 heteroatoms. The lowest BCUT2D eigenvalue weighted by Crippen LogP contribution is -2.28. The van der Waals surface area contributed by atoms with Gasteiger partial charge in [-0.1, -0.05) is 24.8 Å². The molecule has 1 aromatic rings. The Morgan fingerprint density at radius 2 is 2.19 bits per heavy atom. The SMILES string of the molecule is Cc1c(NCCN)cccc1C(=O)NC1=NC(C)C(C)S1. The lowest BCUT2D eigenvalue weighted by Gasteiger charge is -2.12. The molecule has 0 aromatic heterocycles. The molecule has 1 aliphatic heterocycles. The van der Waals surface area contributed by atoms with Crippen molar-refractivity contribution in [3.63, 3.8) is 0 Å². The van der Waals surface area contributed by atoms with Crippen LogP contribution in [0.1, 0.15) is 29.8 Å². The van der Waals surface area contributed by atoms with Crippen LogP contribution in [0.25, 0.3) is 0 Å². The Morgan fingerprint density at radius 1 is 1.43 bits per heavy atom. The largest absolute Gasteiger partial charge is 0.384 e. The third kappa shape index (κ3) is 3.77. The number of amides is 1. The first-order valence-corrected chi connectivity index (χ1v) is 8.00. The van der Waals surface area contributed by atoms with Crippen LogP contribution < -0.4 is 16.4 Å². The highest BCUT2D eigenvalue weighted by Gasteiger charge is 2.24. The summed E-state index contributed by atoms with van der Waals surface area (Å²) in [7, 11) is 0. The van der Waals surface area contributed by atoms with Crippen molar-refractivity contribution in [1.29, 1.82) is 0 Å². The molecule has 2 unspecified atom stereocenters. The van der Waals surface area contributed by atoms with Gasteiger partial charge in [0.15, 0.2) is 5.17 Å². The van der Waals surface area contributed by atoms with Crippen molar-refractivity contribution in [2.24, 2.45) is 10.7 Å². The standard InChI is InChI=1S/C15H22N4OS/c1-9-12(5-4-6-13(9)17-8-7-16)14(20)19-15-18-10(2)11(3)21-15/h4-6,10-11,17H,7-8,16H2,1-3H3,(H,18,19,20). The predicted molar refractivity (Wildman–Crippen MR) is 90.1 cm³/mol. The third-order valence-electron chi connectivity index (χ3n) is 3.56. The van der Waals surface area contributed by atoms with E-state index in [1.165, 1.54) is 0 Å². The topological polar surface area (TPSA) is 79.5 Å². The zero-order valence-corrected chi connectivity index (χ0v) is 13.5. The van der Waals surface area contributed by atoms with E-state index < -0.39 is 0 Å². The Bertz CT molecular complexity index is 559. The number of aliphatic imine (C=N–C) groups is 1. The number of amidine groups is 1. The number of anilines is 1. The van der Waals surface area contributed by atoms with Crippen molar-refractivity contribution in [1.82, 2.24) is 5.32 Å². The molecule has 1 heterocycles. The van der Waals surface area contributed by atoms with Crippen molar-refractivity contribution >= 4 is 28.5 Å². The lowest BCUT2D eigenvalue weighted by atomic mass is 10.1. The Labute approximate surface area is 129 Å². The minimum Gasteiger partial charge on any atom is -0.384 e. The summed E-state index contributed by atoms with van der Waals surface area (Å²) in [6.07, 6.45) is 0. The van der Waals surface area contributed by atoms with Gasteiger partial charge in [0.25, 0.3) is 5.91 Å². The summed E-state index contributed by atoms with van der Waals surface area (Å²) in [6.45, 7) is 7.34. The van der Waals surface area contributed by atoms with Crippen LogP contribution in [0.3, 0.4) is 0 Å². The summed E-state index contributed by atoms with van der Waals surface area (Å²) >= 11 is 1.61. The normalized spacial score (nSPS) is 21.0. The molecule has 0 fully saturated rings. The summed E-state index contributed by atoms with van der Waals surface area (Å²) in [5.74, 6) is -0.114. The van der Waals surface area contributed by atoms with Gasteiger partial charge in [-0.2, -0.15) is 0 Å². The number of nitrogens with one attached hydrogen (secondary N) is 2. The Morgan fingerprint density at radius 3 is 2.81 bits per heavy atom. The van der Waals surface area contributed by atoms with Gasteiger partial charge < -0.3 is 16.4 Å². The second-order valence-corrected chi connectivity index (χ2v) is 6.51. The van der Waals surface area contributed by atoms with Crippen molar-refractivity contribution in [3.8, 4) is 0 Å². The molecular weight excluding hydrogens is 284 g/mol. The van der Waals surface area contributed by atoms with Crippen LogP contribution in [-0.4, -0.2) is 35.5 Å². The van der Waals surface area contributed by atoms with Crippen LogP contribution in [0.2, 0.25) is 0 Å². The highest BCUT2D eigenvalue weighted by molar-refractivity contribution is 8.14.